The number of rotatable bonds is 7. The standard InChI is InChI=1S/C19H19Cl2NO3/c1-22(2)14-6-3-13(4-7-14)5-9-16(24)15-8-10-17(25-12-11-23)19(21)18(15)20/h3-10,23H,11-12H2,1-2H3/b9-5+. The van der Waals surface area contributed by atoms with Crippen LogP contribution in [0, 0.1) is 0 Å². The first-order valence-corrected chi connectivity index (χ1v) is 8.41. The Balaban J connectivity index is 2.16. The highest BCUT2D eigenvalue weighted by atomic mass is 35.5. The molecular weight excluding hydrogens is 361 g/mol. The van der Waals surface area contributed by atoms with Crippen LogP contribution < -0.4 is 9.64 Å². The normalized spacial score (nSPS) is 10.9. The molecule has 1 N–H and O–H groups in total. The number of allylic oxidation sites excluding steroid dienone is 1. The molecule has 2 rings (SSSR count). The average molecular weight is 380 g/mol. The van der Waals surface area contributed by atoms with E-state index in [1.165, 1.54) is 6.08 Å². The van der Waals surface area contributed by atoms with Gasteiger partial charge in [-0.3, -0.25) is 4.79 Å². The summed E-state index contributed by atoms with van der Waals surface area (Å²) < 4.78 is 5.26. The Labute approximate surface area is 157 Å². The molecule has 0 aliphatic rings. The second-order valence-corrected chi connectivity index (χ2v) is 6.25. The Morgan fingerprint density at radius 1 is 1.12 bits per heavy atom. The molecule has 0 fully saturated rings. The molecule has 0 saturated heterocycles. The fourth-order valence-corrected chi connectivity index (χ4v) is 2.60. The highest BCUT2D eigenvalue weighted by Gasteiger charge is 2.15. The third-order valence-electron chi connectivity index (χ3n) is 3.50. The first kappa shape index (κ1) is 19.3. The van der Waals surface area contributed by atoms with Gasteiger partial charge in [0.2, 0.25) is 0 Å². The highest BCUT2D eigenvalue weighted by Crippen LogP contribution is 2.35. The number of benzene rings is 2. The van der Waals surface area contributed by atoms with Gasteiger partial charge in [0.15, 0.2) is 5.78 Å². The molecule has 25 heavy (non-hydrogen) atoms. The van der Waals surface area contributed by atoms with Crippen LogP contribution in [0.3, 0.4) is 0 Å². The van der Waals surface area contributed by atoms with E-state index in [4.69, 9.17) is 33.0 Å². The summed E-state index contributed by atoms with van der Waals surface area (Å²) in [5.41, 5.74) is 2.28. The fraction of sp³-hybridized carbons (Fsp3) is 0.211. The monoisotopic (exact) mass is 379 g/mol. The Bertz CT molecular complexity index is 771. The molecule has 0 aliphatic heterocycles. The molecule has 2 aromatic rings. The zero-order chi connectivity index (χ0) is 18.4. The van der Waals surface area contributed by atoms with Crippen LogP contribution >= 0.6 is 23.2 Å². The molecule has 0 amide bonds. The van der Waals surface area contributed by atoms with Gasteiger partial charge in [0, 0.05) is 25.3 Å². The molecule has 0 bridgehead atoms. The van der Waals surface area contributed by atoms with Gasteiger partial charge in [0.1, 0.15) is 17.4 Å². The second kappa shape index (κ2) is 8.90. The van der Waals surface area contributed by atoms with E-state index in [1.807, 2.05) is 43.3 Å². The summed E-state index contributed by atoms with van der Waals surface area (Å²) in [6.45, 7) is -0.0316. The molecule has 0 radical (unpaired) electrons. The van der Waals surface area contributed by atoms with Gasteiger partial charge in [0.25, 0.3) is 0 Å². The molecule has 0 aromatic heterocycles. The van der Waals surface area contributed by atoms with E-state index in [-0.39, 0.29) is 29.0 Å². The lowest BCUT2D eigenvalue weighted by atomic mass is 10.1. The van der Waals surface area contributed by atoms with E-state index >= 15 is 0 Å². The van der Waals surface area contributed by atoms with Crippen molar-refractivity contribution in [1.82, 2.24) is 0 Å². The number of hydrogen-bond acceptors (Lipinski definition) is 4. The summed E-state index contributed by atoms with van der Waals surface area (Å²) in [6.07, 6.45) is 3.18. The van der Waals surface area contributed by atoms with Crippen LogP contribution in [-0.2, 0) is 0 Å². The maximum Gasteiger partial charge on any atom is 0.187 e. The van der Waals surface area contributed by atoms with Crippen LogP contribution in [0.4, 0.5) is 5.69 Å². The van der Waals surface area contributed by atoms with Crippen molar-refractivity contribution in [2.45, 2.75) is 0 Å². The summed E-state index contributed by atoms with van der Waals surface area (Å²) in [5.74, 6) is 0.0813. The Morgan fingerprint density at radius 3 is 2.40 bits per heavy atom. The minimum Gasteiger partial charge on any atom is -0.490 e. The molecule has 0 aliphatic carbocycles. The lowest BCUT2D eigenvalue weighted by Crippen LogP contribution is -2.07. The third-order valence-corrected chi connectivity index (χ3v) is 4.36. The van der Waals surface area contributed by atoms with Crippen LogP contribution in [-0.4, -0.2) is 38.2 Å². The van der Waals surface area contributed by atoms with Crippen LogP contribution in [0.2, 0.25) is 10.0 Å². The Kier molecular flexibility index (Phi) is 6.88. The van der Waals surface area contributed by atoms with Gasteiger partial charge in [-0.2, -0.15) is 0 Å². The van der Waals surface area contributed by atoms with Gasteiger partial charge in [-0.05, 0) is 35.9 Å². The number of anilines is 1. The summed E-state index contributed by atoms with van der Waals surface area (Å²) in [4.78, 5) is 14.4. The predicted molar refractivity (Wildman–Crippen MR) is 103 cm³/mol. The number of carbonyl (C=O) groups is 1. The highest BCUT2D eigenvalue weighted by molar-refractivity contribution is 6.45. The molecule has 0 atom stereocenters. The minimum atomic E-state index is -0.253. The van der Waals surface area contributed by atoms with Gasteiger partial charge in [-0.15, -0.1) is 0 Å². The molecule has 0 saturated carbocycles. The number of hydrogen-bond donors (Lipinski definition) is 1. The molecular formula is C19H19Cl2NO3. The van der Waals surface area contributed by atoms with Crippen LogP contribution in [0.1, 0.15) is 15.9 Å². The van der Waals surface area contributed by atoms with Gasteiger partial charge in [0.05, 0.1) is 11.6 Å². The van der Waals surface area contributed by atoms with E-state index < -0.39 is 0 Å². The molecule has 132 valence electrons. The second-order valence-electron chi connectivity index (χ2n) is 5.49. The number of nitrogens with zero attached hydrogens (tertiary/aromatic N) is 1. The summed E-state index contributed by atoms with van der Waals surface area (Å²) in [6, 6.07) is 10.9. The van der Waals surface area contributed by atoms with E-state index in [9.17, 15) is 4.79 Å². The van der Waals surface area contributed by atoms with Crippen molar-refractivity contribution < 1.29 is 14.6 Å². The Morgan fingerprint density at radius 2 is 1.80 bits per heavy atom. The van der Waals surface area contributed by atoms with Crippen LogP contribution in [0.25, 0.3) is 6.08 Å². The fourth-order valence-electron chi connectivity index (χ4n) is 2.13. The zero-order valence-corrected chi connectivity index (χ0v) is 15.5. The molecule has 0 spiro atoms. The maximum atomic E-state index is 12.4. The van der Waals surface area contributed by atoms with Gasteiger partial charge in [-0.1, -0.05) is 41.4 Å². The van der Waals surface area contributed by atoms with Crippen molar-refractivity contribution in [3.8, 4) is 5.75 Å². The van der Waals surface area contributed by atoms with Crippen molar-refractivity contribution >= 4 is 40.7 Å². The van der Waals surface area contributed by atoms with Crippen molar-refractivity contribution in [1.29, 1.82) is 0 Å². The maximum absolute atomic E-state index is 12.4. The van der Waals surface area contributed by atoms with Crippen molar-refractivity contribution in [2.24, 2.45) is 0 Å². The number of aliphatic hydroxyl groups is 1. The summed E-state index contributed by atoms with van der Waals surface area (Å²) in [7, 11) is 3.93. The zero-order valence-electron chi connectivity index (χ0n) is 14.0. The summed E-state index contributed by atoms with van der Waals surface area (Å²) >= 11 is 12.3. The topological polar surface area (TPSA) is 49.8 Å². The number of ether oxygens (including phenoxy) is 1. The van der Waals surface area contributed by atoms with Crippen molar-refractivity contribution in [2.75, 3.05) is 32.2 Å². The Hall–Kier alpha value is -2.01. The van der Waals surface area contributed by atoms with E-state index in [0.29, 0.717) is 11.3 Å². The molecule has 6 heteroatoms. The summed E-state index contributed by atoms with van der Waals surface area (Å²) in [5, 5.41) is 9.08. The molecule has 0 unspecified atom stereocenters. The third kappa shape index (κ3) is 4.98. The van der Waals surface area contributed by atoms with Crippen LogP contribution in [0.15, 0.2) is 42.5 Å². The first-order valence-electron chi connectivity index (χ1n) is 7.65. The SMILES string of the molecule is CN(C)c1ccc(/C=C/C(=O)c2ccc(OCCO)c(Cl)c2Cl)cc1. The van der Waals surface area contributed by atoms with Crippen molar-refractivity contribution in [3.63, 3.8) is 0 Å². The number of ketones is 1. The predicted octanol–water partition coefficient (Wildman–Crippen LogP) is 4.33. The van der Waals surface area contributed by atoms with E-state index in [2.05, 4.69) is 0 Å². The van der Waals surface area contributed by atoms with Gasteiger partial charge in [-0.25, -0.2) is 0 Å². The lowest BCUT2D eigenvalue weighted by Gasteiger charge is -2.11. The van der Waals surface area contributed by atoms with E-state index in [0.717, 1.165) is 11.3 Å². The minimum absolute atomic E-state index is 0.103. The smallest absolute Gasteiger partial charge is 0.187 e. The molecule has 0 heterocycles. The average Bonchev–Trinajstić information content (AvgIpc) is 2.61. The number of carbonyl (C=O) groups excluding carboxylic acids is 1. The quantitative estimate of drug-likeness (QED) is 0.574. The van der Waals surface area contributed by atoms with Crippen molar-refractivity contribution in [3.05, 3.63) is 63.6 Å². The van der Waals surface area contributed by atoms with Gasteiger partial charge >= 0.3 is 0 Å². The number of halogens is 2. The van der Waals surface area contributed by atoms with Crippen LogP contribution in [0.5, 0.6) is 5.75 Å². The molecule has 2 aromatic carbocycles. The first-order chi connectivity index (χ1) is 11.9. The van der Waals surface area contributed by atoms with Gasteiger partial charge < -0.3 is 14.7 Å². The molecule has 4 nitrogen and oxygen atoms in total. The lowest BCUT2D eigenvalue weighted by molar-refractivity contribution is 0.104. The number of aliphatic hydroxyl groups excluding tert-OH is 1. The largest absolute Gasteiger partial charge is 0.490 e. The van der Waals surface area contributed by atoms with E-state index in [1.54, 1.807) is 18.2 Å².